The Balaban J connectivity index is 2.09. The summed E-state index contributed by atoms with van der Waals surface area (Å²) in [5, 5.41) is 7.41. The van der Waals surface area contributed by atoms with Gasteiger partial charge in [-0.1, -0.05) is 33.1 Å². The Labute approximate surface area is 181 Å². The number of rotatable bonds is 10. The molecule has 1 aromatic carbocycles. The average molecular weight is 464 g/mol. The van der Waals surface area contributed by atoms with Crippen LogP contribution >= 0.6 is 15.9 Å². The van der Waals surface area contributed by atoms with Gasteiger partial charge < -0.3 is 10.1 Å². The third-order valence-electron chi connectivity index (χ3n) is 4.98. The summed E-state index contributed by atoms with van der Waals surface area (Å²) in [4.78, 5) is 24.5. The molecule has 0 saturated carbocycles. The van der Waals surface area contributed by atoms with Crippen molar-refractivity contribution in [2.24, 2.45) is 5.92 Å². The first kappa shape index (κ1) is 23.1. The Bertz CT molecular complexity index is 831. The number of esters is 1. The number of nitrogens with one attached hydrogen (secondary N) is 1. The van der Waals surface area contributed by atoms with Gasteiger partial charge in [0.05, 0.1) is 22.5 Å². The SMILES string of the molecule is CCCCC(CC)CNC(=O)c1ccc(-n2nc(C(=O)OCC)c(Br)c2C)cc1. The van der Waals surface area contributed by atoms with Crippen LogP contribution in [0.3, 0.4) is 0 Å². The molecular formula is C22H30BrN3O3. The minimum Gasteiger partial charge on any atom is -0.461 e. The van der Waals surface area contributed by atoms with Gasteiger partial charge in [-0.2, -0.15) is 5.10 Å². The zero-order valence-corrected chi connectivity index (χ0v) is 19.2. The monoisotopic (exact) mass is 463 g/mol. The lowest BCUT2D eigenvalue weighted by molar-refractivity contribution is 0.0517. The number of halogens is 1. The first-order chi connectivity index (χ1) is 13.9. The van der Waals surface area contributed by atoms with Crippen molar-refractivity contribution < 1.29 is 14.3 Å². The summed E-state index contributed by atoms with van der Waals surface area (Å²) in [5.74, 6) is -0.0219. The summed E-state index contributed by atoms with van der Waals surface area (Å²) in [6.45, 7) is 8.95. The molecule has 7 heteroatoms. The Morgan fingerprint density at radius 1 is 1.21 bits per heavy atom. The van der Waals surface area contributed by atoms with E-state index in [2.05, 4.69) is 40.2 Å². The van der Waals surface area contributed by atoms with Crippen LogP contribution in [0.25, 0.3) is 5.69 Å². The molecule has 0 spiro atoms. The number of hydrogen-bond acceptors (Lipinski definition) is 4. The lowest BCUT2D eigenvalue weighted by Crippen LogP contribution is -2.29. The highest BCUT2D eigenvalue weighted by molar-refractivity contribution is 9.10. The number of nitrogens with zero attached hydrogens (tertiary/aromatic N) is 2. The van der Waals surface area contributed by atoms with Crippen LogP contribution in [0.1, 0.15) is 73.0 Å². The second-order valence-corrected chi connectivity index (χ2v) is 7.85. The van der Waals surface area contributed by atoms with Crippen molar-refractivity contribution >= 4 is 27.8 Å². The van der Waals surface area contributed by atoms with Crippen LogP contribution in [0.2, 0.25) is 0 Å². The molecule has 1 atom stereocenters. The van der Waals surface area contributed by atoms with E-state index in [9.17, 15) is 9.59 Å². The molecule has 1 unspecified atom stereocenters. The minimum absolute atomic E-state index is 0.0721. The summed E-state index contributed by atoms with van der Waals surface area (Å²) in [6, 6.07) is 7.20. The van der Waals surface area contributed by atoms with Gasteiger partial charge in [0.25, 0.3) is 5.91 Å². The van der Waals surface area contributed by atoms with Gasteiger partial charge in [-0.25, -0.2) is 9.48 Å². The summed E-state index contributed by atoms with van der Waals surface area (Å²) in [6.07, 6.45) is 4.57. The van der Waals surface area contributed by atoms with E-state index < -0.39 is 5.97 Å². The Morgan fingerprint density at radius 3 is 2.48 bits per heavy atom. The quantitative estimate of drug-likeness (QED) is 0.499. The molecule has 1 heterocycles. The molecule has 1 amide bonds. The fourth-order valence-electron chi connectivity index (χ4n) is 3.10. The van der Waals surface area contributed by atoms with E-state index in [1.807, 2.05) is 19.1 Å². The van der Waals surface area contributed by atoms with Crippen LogP contribution in [0, 0.1) is 12.8 Å². The van der Waals surface area contributed by atoms with Crippen molar-refractivity contribution in [2.45, 2.75) is 53.4 Å². The van der Waals surface area contributed by atoms with Gasteiger partial charge in [-0.3, -0.25) is 4.79 Å². The average Bonchev–Trinajstić information content (AvgIpc) is 3.03. The summed E-state index contributed by atoms with van der Waals surface area (Å²) in [7, 11) is 0. The van der Waals surface area contributed by atoms with E-state index in [0.717, 1.165) is 24.2 Å². The number of carbonyl (C=O) groups excluding carboxylic acids is 2. The van der Waals surface area contributed by atoms with Gasteiger partial charge in [-0.05, 0) is 66.4 Å². The van der Waals surface area contributed by atoms with Crippen molar-refractivity contribution in [3.8, 4) is 5.69 Å². The molecule has 2 aromatic rings. The normalized spacial score (nSPS) is 11.9. The molecular weight excluding hydrogens is 434 g/mol. The highest BCUT2D eigenvalue weighted by Gasteiger charge is 2.21. The second-order valence-electron chi connectivity index (χ2n) is 7.05. The Hall–Kier alpha value is -2.15. The molecule has 1 N–H and O–H groups in total. The van der Waals surface area contributed by atoms with E-state index >= 15 is 0 Å². The van der Waals surface area contributed by atoms with E-state index in [-0.39, 0.29) is 11.6 Å². The van der Waals surface area contributed by atoms with Gasteiger partial charge in [0.15, 0.2) is 5.69 Å². The first-order valence-electron chi connectivity index (χ1n) is 10.2. The first-order valence-corrected chi connectivity index (χ1v) is 11.0. The smallest absolute Gasteiger partial charge is 0.360 e. The van der Waals surface area contributed by atoms with E-state index in [0.29, 0.717) is 29.1 Å². The summed E-state index contributed by atoms with van der Waals surface area (Å²) in [5.41, 5.74) is 2.40. The fraction of sp³-hybridized carbons (Fsp3) is 0.500. The van der Waals surface area contributed by atoms with Crippen molar-refractivity contribution in [1.29, 1.82) is 0 Å². The van der Waals surface area contributed by atoms with Gasteiger partial charge >= 0.3 is 5.97 Å². The lowest BCUT2D eigenvalue weighted by atomic mass is 9.99. The number of unbranched alkanes of at least 4 members (excludes halogenated alkanes) is 1. The zero-order chi connectivity index (χ0) is 21.4. The number of hydrogen-bond donors (Lipinski definition) is 1. The molecule has 29 heavy (non-hydrogen) atoms. The van der Waals surface area contributed by atoms with Crippen molar-refractivity contribution in [3.63, 3.8) is 0 Å². The molecule has 6 nitrogen and oxygen atoms in total. The molecule has 0 aliphatic carbocycles. The molecule has 0 aliphatic rings. The van der Waals surface area contributed by atoms with Gasteiger partial charge in [-0.15, -0.1) is 0 Å². The minimum atomic E-state index is -0.467. The van der Waals surface area contributed by atoms with E-state index in [1.54, 1.807) is 23.7 Å². The van der Waals surface area contributed by atoms with Gasteiger partial charge in [0.1, 0.15) is 0 Å². The summed E-state index contributed by atoms with van der Waals surface area (Å²) < 4.78 is 7.32. The van der Waals surface area contributed by atoms with Crippen LogP contribution in [-0.2, 0) is 4.74 Å². The summed E-state index contributed by atoms with van der Waals surface area (Å²) >= 11 is 3.42. The molecule has 0 radical (unpaired) electrons. The third kappa shape index (κ3) is 5.92. The Kier molecular flexibility index (Phi) is 8.89. The van der Waals surface area contributed by atoms with Gasteiger partial charge in [0, 0.05) is 12.1 Å². The molecule has 0 aliphatic heterocycles. The van der Waals surface area contributed by atoms with Gasteiger partial charge in [0.2, 0.25) is 0 Å². The lowest BCUT2D eigenvalue weighted by Gasteiger charge is -2.15. The van der Waals surface area contributed by atoms with Crippen LogP contribution in [-0.4, -0.2) is 34.8 Å². The molecule has 158 valence electrons. The molecule has 0 bridgehead atoms. The standard InChI is InChI=1S/C22H30BrN3O3/c1-5-8-9-16(6-2)14-24-21(27)17-10-12-18(13-11-17)26-15(4)19(23)20(25-26)22(28)29-7-3/h10-13,16H,5-9,14H2,1-4H3,(H,24,27). The highest BCUT2D eigenvalue weighted by Crippen LogP contribution is 2.24. The number of carbonyl (C=O) groups is 2. The maximum atomic E-state index is 12.5. The van der Waals surface area contributed by atoms with Crippen LogP contribution < -0.4 is 5.32 Å². The van der Waals surface area contributed by atoms with Crippen molar-refractivity contribution in [2.75, 3.05) is 13.2 Å². The van der Waals surface area contributed by atoms with E-state index in [4.69, 9.17) is 4.74 Å². The second kappa shape index (κ2) is 11.1. The zero-order valence-electron chi connectivity index (χ0n) is 17.6. The van der Waals surface area contributed by atoms with Crippen molar-refractivity contribution in [1.82, 2.24) is 15.1 Å². The predicted molar refractivity (Wildman–Crippen MR) is 118 cm³/mol. The number of ether oxygens (including phenoxy) is 1. The maximum absolute atomic E-state index is 12.5. The number of amides is 1. The largest absolute Gasteiger partial charge is 0.461 e. The maximum Gasteiger partial charge on any atom is 0.360 e. The highest BCUT2D eigenvalue weighted by atomic mass is 79.9. The number of benzene rings is 1. The third-order valence-corrected chi connectivity index (χ3v) is 5.93. The van der Waals surface area contributed by atoms with Crippen LogP contribution in [0.4, 0.5) is 0 Å². The van der Waals surface area contributed by atoms with Crippen LogP contribution in [0.15, 0.2) is 28.7 Å². The molecule has 0 saturated heterocycles. The predicted octanol–water partition coefficient (Wildman–Crippen LogP) is 5.07. The molecule has 0 fully saturated rings. The molecule has 2 rings (SSSR count). The van der Waals surface area contributed by atoms with E-state index in [1.165, 1.54) is 12.8 Å². The molecule has 1 aromatic heterocycles. The fourth-order valence-corrected chi connectivity index (χ4v) is 3.51. The topological polar surface area (TPSA) is 73.2 Å². The Morgan fingerprint density at radius 2 is 1.90 bits per heavy atom. The van der Waals surface area contributed by atoms with Crippen molar-refractivity contribution in [3.05, 3.63) is 45.7 Å². The van der Waals surface area contributed by atoms with Crippen LogP contribution in [0.5, 0.6) is 0 Å². The number of aromatic nitrogens is 2.